The Hall–Kier alpha value is -1.79. The Morgan fingerprint density at radius 2 is 1.74 bits per heavy atom. The van der Waals surface area contributed by atoms with E-state index in [4.69, 9.17) is 14.9 Å². The minimum absolute atomic E-state index is 0.117. The van der Waals surface area contributed by atoms with Crippen molar-refractivity contribution >= 4 is 17.3 Å². The van der Waals surface area contributed by atoms with Crippen LogP contribution in [0.5, 0.6) is 5.75 Å². The quantitative estimate of drug-likeness (QED) is 0.542. The molecule has 0 bridgehead atoms. The molecule has 0 saturated carbocycles. The molecule has 0 aliphatic heterocycles. The van der Waals surface area contributed by atoms with Crippen LogP contribution in [0.3, 0.4) is 0 Å². The number of rotatable bonds is 11. The van der Waals surface area contributed by atoms with Crippen LogP contribution in [0, 0.1) is 0 Å². The predicted octanol–water partition coefficient (Wildman–Crippen LogP) is 2.01. The molecule has 0 fully saturated rings. The third-order valence-electron chi connectivity index (χ3n) is 3.51. The number of hydrogen-bond donors (Lipinski definition) is 3. The van der Waals surface area contributed by atoms with E-state index in [0.717, 1.165) is 55.9 Å². The van der Waals surface area contributed by atoms with Crippen molar-refractivity contribution in [3.63, 3.8) is 0 Å². The van der Waals surface area contributed by atoms with Gasteiger partial charge in [0.1, 0.15) is 5.75 Å². The fraction of sp³-hybridized carbons (Fsp3) is 0.588. The highest BCUT2D eigenvalue weighted by atomic mass is 16.5. The van der Waals surface area contributed by atoms with E-state index in [-0.39, 0.29) is 19.1 Å². The van der Waals surface area contributed by atoms with E-state index in [1.54, 1.807) is 7.11 Å². The van der Waals surface area contributed by atoms with Crippen LogP contribution in [0.2, 0.25) is 0 Å². The van der Waals surface area contributed by atoms with Crippen molar-refractivity contribution in [2.75, 3.05) is 43.6 Å². The molecule has 1 amide bonds. The van der Waals surface area contributed by atoms with Crippen LogP contribution in [0.4, 0.5) is 11.4 Å². The van der Waals surface area contributed by atoms with E-state index < -0.39 is 0 Å². The summed E-state index contributed by atoms with van der Waals surface area (Å²) in [6.45, 7) is 3.39. The average molecular weight is 324 g/mol. The summed E-state index contributed by atoms with van der Waals surface area (Å²) in [6, 6.07) is 5.55. The van der Waals surface area contributed by atoms with Gasteiger partial charge >= 0.3 is 0 Å². The van der Waals surface area contributed by atoms with Crippen molar-refractivity contribution in [3.05, 3.63) is 18.2 Å². The first-order chi connectivity index (χ1) is 11.1. The zero-order chi connectivity index (χ0) is 17.1. The molecule has 1 rings (SSSR count). The number of carbonyl (C=O) groups is 1. The molecule has 0 unspecified atom stereocenters. The van der Waals surface area contributed by atoms with Gasteiger partial charge in [-0.15, -0.1) is 0 Å². The molecule has 0 atom stereocenters. The Kier molecular flexibility index (Phi) is 9.09. The number of unbranched alkanes of at least 4 members (excludes halogenated alkanes) is 2. The summed E-state index contributed by atoms with van der Waals surface area (Å²) in [5, 5.41) is 20.8. The number of hydrogen-bond acceptors (Lipinski definition) is 5. The Morgan fingerprint density at radius 1 is 1.13 bits per heavy atom. The number of methoxy groups -OCH3 is 1. The van der Waals surface area contributed by atoms with E-state index in [2.05, 4.69) is 10.2 Å². The fourth-order valence-corrected chi connectivity index (χ4v) is 2.40. The van der Waals surface area contributed by atoms with Crippen molar-refractivity contribution in [2.24, 2.45) is 0 Å². The first-order valence-electron chi connectivity index (χ1n) is 8.04. The maximum Gasteiger partial charge on any atom is 0.221 e. The first-order valence-corrected chi connectivity index (χ1v) is 8.04. The summed E-state index contributed by atoms with van der Waals surface area (Å²) < 4.78 is 5.45. The number of nitrogens with zero attached hydrogens (tertiary/aromatic N) is 1. The number of carbonyl (C=O) groups excluding carboxylic acids is 1. The second-order valence-corrected chi connectivity index (χ2v) is 5.42. The number of ether oxygens (including phenoxy) is 1. The van der Waals surface area contributed by atoms with Gasteiger partial charge in [0.25, 0.3) is 0 Å². The molecule has 3 N–H and O–H groups in total. The van der Waals surface area contributed by atoms with Crippen LogP contribution < -0.4 is 15.0 Å². The Labute approximate surface area is 138 Å². The highest BCUT2D eigenvalue weighted by Gasteiger charge is 2.13. The smallest absolute Gasteiger partial charge is 0.221 e. The van der Waals surface area contributed by atoms with Crippen molar-refractivity contribution in [3.8, 4) is 5.75 Å². The zero-order valence-corrected chi connectivity index (χ0v) is 14.0. The minimum atomic E-state index is -0.117. The molecular formula is C17H28N2O4. The summed E-state index contributed by atoms with van der Waals surface area (Å²) in [4.78, 5) is 13.4. The minimum Gasteiger partial charge on any atom is -0.495 e. The highest BCUT2D eigenvalue weighted by Crippen LogP contribution is 2.32. The molecule has 0 saturated heterocycles. The molecule has 0 aromatic heterocycles. The average Bonchev–Trinajstić information content (AvgIpc) is 2.53. The van der Waals surface area contributed by atoms with E-state index >= 15 is 0 Å². The lowest BCUT2D eigenvalue weighted by molar-refractivity contribution is -0.114. The largest absolute Gasteiger partial charge is 0.495 e. The van der Waals surface area contributed by atoms with Gasteiger partial charge in [0.2, 0.25) is 5.91 Å². The summed E-state index contributed by atoms with van der Waals surface area (Å²) in [5.74, 6) is 0.625. The van der Waals surface area contributed by atoms with Gasteiger partial charge in [0, 0.05) is 38.9 Å². The summed E-state index contributed by atoms with van der Waals surface area (Å²) in [6.07, 6.45) is 3.21. The van der Waals surface area contributed by atoms with Gasteiger partial charge in [0.15, 0.2) is 0 Å². The van der Waals surface area contributed by atoms with Crippen molar-refractivity contribution in [2.45, 2.75) is 32.6 Å². The third-order valence-corrected chi connectivity index (χ3v) is 3.51. The maximum absolute atomic E-state index is 11.3. The molecule has 0 aliphatic carbocycles. The van der Waals surface area contributed by atoms with Crippen molar-refractivity contribution in [1.82, 2.24) is 0 Å². The molecular weight excluding hydrogens is 296 g/mol. The summed E-state index contributed by atoms with van der Waals surface area (Å²) >= 11 is 0. The molecule has 6 nitrogen and oxygen atoms in total. The van der Waals surface area contributed by atoms with Crippen LogP contribution in [0.1, 0.15) is 32.6 Å². The lowest BCUT2D eigenvalue weighted by Crippen LogP contribution is -2.26. The Bertz CT molecular complexity index is 470. The normalized spacial score (nSPS) is 10.4. The predicted molar refractivity (Wildman–Crippen MR) is 92.2 cm³/mol. The molecule has 0 radical (unpaired) electrons. The van der Waals surface area contributed by atoms with E-state index in [9.17, 15) is 4.79 Å². The van der Waals surface area contributed by atoms with E-state index in [1.807, 2.05) is 18.2 Å². The first kappa shape index (κ1) is 19.3. The summed E-state index contributed by atoms with van der Waals surface area (Å²) in [5.41, 5.74) is 1.64. The SMILES string of the molecule is COc1ccc(NC(C)=O)cc1N(CCCCO)CCCCO. The Morgan fingerprint density at radius 3 is 2.22 bits per heavy atom. The molecule has 130 valence electrons. The molecule has 6 heteroatoms. The van der Waals surface area contributed by atoms with Crippen LogP contribution >= 0.6 is 0 Å². The zero-order valence-electron chi connectivity index (χ0n) is 14.0. The number of benzene rings is 1. The number of anilines is 2. The van der Waals surface area contributed by atoms with E-state index in [0.29, 0.717) is 0 Å². The van der Waals surface area contributed by atoms with Gasteiger partial charge in [-0.25, -0.2) is 0 Å². The Balaban J connectivity index is 2.96. The van der Waals surface area contributed by atoms with Gasteiger partial charge in [0.05, 0.1) is 12.8 Å². The third kappa shape index (κ3) is 6.88. The van der Waals surface area contributed by atoms with Gasteiger partial charge in [-0.2, -0.15) is 0 Å². The second kappa shape index (κ2) is 10.9. The van der Waals surface area contributed by atoms with E-state index in [1.165, 1.54) is 6.92 Å². The lowest BCUT2D eigenvalue weighted by atomic mass is 10.2. The second-order valence-electron chi connectivity index (χ2n) is 5.42. The molecule has 1 aromatic rings. The maximum atomic E-state index is 11.3. The monoisotopic (exact) mass is 324 g/mol. The molecule has 23 heavy (non-hydrogen) atoms. The molecule has 1 aromatic carbocycles. The van der Waals surface area contributed by atoms with Gasteiger partial charge in [-0.3, -0.25) is 4.79 Å². The molecule has 0 aliphatic rings. The molecule has 0 spiro atoms. The van der Waals surface area contributed by atoms with Gasteiger partial charge < -0.3 is 25.2 Å². The number of amides is 1. The van der Waals surface area contributed by atoms with Gasteiger partial charge in [-0.1, -0.05) is 0 Å². The fourth-order valence-electron chi connectivity index (χ4n) is 2.40. The van der Waals surface area contributed by atoms with Gasteiger partial charge in [-0.05, 0) is 43.9 Å². The number of aliphatic hydroxyl groups is 2. The molecule has 0 heterocycles. The lowest BCUT2D eigenvalue weighted by Gasteiger charge is -2.27. The summed E-state index contributed by atoms with van der Waals surface area (Å²) in [7, 11) is 1.62. The number of nitrogens with one attached hydrogen (secondary N) is 1. The number of aliphatic hydroxyl groups excluding tert-OH is 2. The van der Waals surface area contributed by atoms with Crippen LogP contribution in [0.15, 0.2) is 18.2 Å². The highest BCUT2D eigenvalue weighted by molar-refractivity contribution is 5.89. The van der Waals surface area contributed by atoms with Crippen LogP contribution in [-0.4, -0.2) is 49.5 Å². The van der Waals surface area contributed by atoms with Crippen molar-refractivity contribution < 1.29 is 19.7 Å². The van der Waals surface area contributed by atoms with Crippen LogP contribution in [-0.2, 0) is 4.79 Å². The topological polar surface area (TPSA) is 82.0 Å². The van der Waals surface area contributed by atoms with Crippen LogP contribution in [0.25, 0.3) is 0 Å². The van der Waals surface area contributed by atoms with Crippen molar-refractivity contribution in [1.29, 1.82) is 0 Å². The standard InChI is InChI=1S/C17H28N2O4/c1-14(22)18-15-7-8-17(23-2)16(13-15)19(9-3-5-11-20)10-4-6-12-21/h7-8,13,20-21H,3-6,9-12H2,1-2H3,(H,18,22).